The van der Waals surface area contributed by atoms with E-state index >= 15 is 0 Å². The zero-order chi connectivity index (χ0) is 11.1. The van der Waals surface area contributed by atoms with E-state index in [0.29, 0.717) is 13.0 Å². The smallest absolute Gasteiger partial charge is 0.216 e. The first-order valence-corrected chi connectivity index (χ1v) is 5.47. The van der Waals surface area contributed by atoms with Crippen LogP contribution in [-0.2, 0) is 11.4 Å². The van der Waals surface area contributed by atoms with Crippen molar-refractivity contribution in [1.82, 2.24) is 5.32 Å². The molecule has 0 radical (unpaired) electrons. The van der Waals surface area contributed by atoms with Crippen LogP contribution in [0.1, 0.15) is 23.1 Å². The van der Waals surface area contributed by atoms with Gasteiger partial charge in [0.2, 0.25) is 5.91 Å². The van der Waals surface area contributed by atoms with Crippen LogP contribution in [0.4, 0.5) is 0 Å². The molecule has 0 spiro atoms. The van der Waals surface area contributed by atoms with Crippen LogP contribution in [0.3, 0.4) is 0 Å². The molecule has 0 aliphatic heterocycles. The van der Waals surface area contributed by atoms with Crippen LogP contribution in [0.2, 0.25) is 0 Å². The average molecular weight is 223 g/mol. The average Bonchev–Trinajstić information content (AvgIpc) is 2.65. The second-order valence-corrected chi connectivity index (χ2v) is 4.13. The minimum absolute atomic E-state index is 0.0320. The number of aliphatic hydroxyl groups excluding tert-OH is 1. The van der Waals surface area contributed by atoms with E-state index in [4.69, 9.17) is 5.11 Å². The Balaban J connectivity index is 2.34. The molecule has 1 amide bonds. The number of amides is 1. The molecular weight excluding hydrogens is 210 g/mol. The number of thiophene rings is 1. The molecule has 1 rings (SSSR count). The third kappa shape index (κ3) is 4.63. The summed E-state index contributed by atoms with van der Waals surface area (Å²) < 4.78 is 0. The first-order chi connectivity index (χ1) is 7.22. The van der Waals surface area contributed by atoms with Crippen LogP contribution >= 0.6 is 11.3 Å². The summed E-state index contributed by atoms with van der Waals surface area (Å²) in [6, 6.07) is 3.75. The lowest BCUT2D eigenvalue weighted by Crippen LogP contribution is -2.20. The second kappa shape index (κ2) is 6.23. The van der Waals surface area contributed by atoms with Gasteiger partial charge in [-0.05, 0) is 12.1 Å². The molecule has 15 heavy (non-hydrogen) atoms. The van der Waals surface area contributed by atoms with Crippen molar-refractivity contribution in [1.29, 1.82) is 0 Å². The first-order valence-electron chi connectivity index (χ1n) is 4.65. The number of hydrogen-bond acceptors (Lipinski definition) is 3. The summed E-state index contributed by atoms with van der Waals surface area (Å²) in [5, 5.41) is 11.5. The van der Waals surface area contributed by atoms with E-state index < -0.39 is 0 Å². The van der Waals surface area contributed by atoms with Crippen molar-refractivity contribution in [3.8, 4) is 11.8 Å². The Morgan fingerprint density at radius 2 is 2.40 bits per heavy atom. The van der Waals surface area contributed by atoms with E-state index in [0.717, 1.165) is 9.75 Å². The maximum Gasteiger partial charge on any atom is 0.216 e. The summed E-state index contributed by atoms with van der Waals surface area (Å²) in [5.74, 6) is 5.91. The van der Waals surface area contributed by atoms with E-state index in [1.807, 2.05) is 12.1 Å². The van der Waals surface area contributed by atoms with Gasteiger partial charge in [-0.25, -0.2) is 0 Å². The molecule has 80 valence electrons. The molecular formula is C11H13NO2S. The molecule has 0 saturated carbocycles. The van der Waals surface area contributed by atoms with E-state index in [9.17, 15) is 4.79 Å². The SMILES string of the molecule is CC(=O)NCCC#Cc1ccc(CO)s1. The van der Waals surface area contributed by atoms with Gasteiger partial charge < -0.3 is 10.4 Å². The first kappa shape index (κ1) is 11.8. The van der Waals surface area contributed by atoms with Crippen molar-refractivity contribution in [3.63, 3.8) is 0 Å². The van der Waals surface area contributed by atoms with E-state index in [2.05, 4.69) is 17.2 Å². The third-order valence-electron chi connectivity index (χ3n) is 1.65. The fraction of sp³-hybridized carbons (Fsp3) is 0.364. The Morgan fingerprint density at radius 3 is 3.00 bits per heavy atom. The summed E-state index contributed by atoms with van der Waals surface area (Å²) in [7, 11) is 0. The van der Waals surface area contributed by atoms with Crippen LogP contribution in [0.15, 0.2) is 12.1 Å². The second-order valence-electron chi connectivity index (χ2n) is 2.96. The van der Waals surface area contributed by atoms with E-state index in [1.54, 1.807) is 0 Å². The number of carbonyl (C=O) groups is 1. The lowest BCUT2D eigenvalue weighted by Gasteiger charge is -1.94. The van der Waals surface area contributed by atoms with Gasteiger partial charge in [-0.2, -0.15) is 0 Å². The highest BCUT2D eigenvalue weighted by Crippen LogP contribution is 2.14. The van der Waals surface area contributed by atoms with Crippen molar-refractivity contribution in [3.05, 3.63) is 21.9 Å². The topological polar surface area (TPSA) is 49.3 Å². The highest BCUT2D eigenvalue weighted by Gasteiger charge is 1.94. The normalized spacial score (nSPS) is 9.20. The molecule has 0 bridgehead atoms. The highest BCUT2D eigenvalue weighted by atomic mass is 32.1. The summed E-state index contributed by atoms with van der Waals surface area (Å²) in [6.45, 7) is 2.14. The van der Waals surface area contributed by atoms with Crippen molar-refractivity contribution < 1.29 is 9.90 Å². The fourth-order valence-corrected chi connectivity index (χ4v) is 1.72. The Morgan fingerprint density at radius 1 is 1.60 bits per heavy atom. The van der Waals surface area contributed by atoms with Gasteiger partial charge in [-0.1, -0.05) is 11.8 Å². The van der Waals surface area contributed by atoms with Gasteiger partial charge in [-0.3, -0.25) is 4.79 Å². The lowest BCUT2D eigenvalue weighted by molar-refractivity contribution is -0.118. The summed E-state index contributed by atoms with van der Waals surface area (Å²) in [6.07, 6.45) is 0.645. The third-order valence-corrected chi connectivity index (χ3v) is 2.64. The quantitative estimate of drug-likeness (QED) is 0.596. The van der Waals surface area contributed by atoms with Crippen molar-refractivity contribution in [2.75, 3.05) is 6.54 Å². The fourth-order valence-electron chi connectivity index (χ4n) is 0.981. The van der Waals surface area contributed by atoms with Gasteiger partial charge in [0.05, 0.1) is 11.5 Å². The molecule has 4 heteroatoms. The monoisotopic (exact) mass is 223 g/mol. The van der Waals surface area contributed by atoms with Gasteiger partial charge in [0.25, 0.3) is 0 Å². The van der Waals surface area contributed by atoms with Crippen LogP contribution in [-0.4, -0.2) is 17.6 Å². The zero-order valence-corrected chi connectivity index (χ0v) is 9.36. The van der Waals surface area contributed by atoms with Crippen molar-refractivity contribution >= 4 is 17.2 Å². The molecule has 1 aromatic heterocycles. The molecule has 1 aromatic rings. The number of aliphatic hydroxyl groups is 1. The maximum absolute atomic E-state index is 10.5. The number of nitrogens with one attached hydrogen (secondary N) is 1. The number of hydrogen-bond donors (Lipinski definition) is 2. The summed E-state index contributed by atoms with van der Waals surface area (Å²) in [4.78, 5) is 12.4. The molecule has 3 nitrogen and oxygen atoms in total. The molecule has 0 aliphatic carbocycles. The Labute approximate surface area is 93.1 Å². The largest absolute Gasteiger partial charge is 0.391 e. The molecule has 0 fully saturated rings. The van der Waals surface area contributed by atoms with E-state index in [-0.39, 0.29) is 12.5 Å². The van der Waals surface area contributed by atoms with Crippen LogP contribution in [0.5, 0.6) is 0 Å². The predicted molar refractivity (Wildman–Crippen MR) is 60.4 cm³/mol. The van der Waals surface area contributed by atoms with Crippen LogP contribution in [0.25, 0.3) is 0 Å². The molecule has 0 atom stereocenters. The summed E-state index contributed by atoms with van der Waals surface area (Å²) >= 11 is 1.49. The Hall–Kier alpha value is -1.31. The van der Waals surface area contributed by atoms with Gasteiger partial charge in [-0.15, -0.1) is 11.3 Å². The zero-order valence-electron chi connectivity index (χ0n) is 8.54. The standard InChI is InChI=1S/C11H13NO2S/c1-9(14)12-7-3-2-4-10-5-6-11(8-13)15-10/h5-6,13H,3,7-8H2,1H3,(H,12,14). The molecule has 2 N–H and O–H groups in total. The highest BCUT2D eigenvalue weighted by molar-refractivity contribution is 7.12. The van der Waals surface area contributed by atoms with Gasteiger partial charge in [0, 0.05) is 24.8 Å². The van der Waals surface area contributed by atoms with Crippen LogP contribution in [0, 0.1) is 11.8 Å². The minimum atomic E-state index is -0.0320. The van der Waals surface area contributed by atoms with Crippen LogP contribution < -0.4 is 5.32 Å². The molecule has 0 aromatic carbocycles. The van der Waals surface area contributed by atoms with Gasteiger partial charge in [0.15, 0.2) is 0 Å². The van der Waals surface area contributed by atoms with Gasteiger partial charge >= 0.3 is 0 Å². The number of rotatable bonds is 3. The van der Waals surface area contributed by atoms with Gasteiger partial charge in [0.1, 0.15) is 0 Å². The van der Waals surface area contributed by atoms with E-state index in [1.165, 1.54) is 18.3 Å². The lowest BCUT2D eigenvalue weighted by atomic mass is 10.4. The molecule has 0 saturated heterocycles. The summed E-state index contributed by atoms with van der Waals surface area (Å²) in [5.41, 5.74) is 0. The maximum atomic E-state index is 10.5. The molecule has 0 aliphatic rings. The molecule has 0 unspecified atom stereocenters. The molecule has 1 heterocycles. The Kier molecular flexibility index (Phi) is 4.88. The number of carbonyl (C=O) groups excluding carboxylic acids is 1. The minimum Gasteiger partial charge on any atom is -0.391 e. The van der Waals surface area contributed by atoms with Crippen molar-refractivity contribution in [2.45, 2.75) is 20.0 Å². The van der Waals surface area contributed by atoms with Crippen molar-refractivity contribution in [2.24, 2.45) is 0 Å². The Bertz CT molecular complexity index is 387. The predicted octanol–water partition coefficient (Wildman–Crippen LogP) is 1.12.